The molecule has 0 aliphatic heterocycles. The quantitative estimate of drug-likeness (QED) is 0.631. The van der Waals surface area contributed by atoms with Gasteiger partial charge in [0.25, 0.3) is 0 Å². The molecule has 0 amide bonds. The number of hydrogen-bond donors (Lipinski definition) is 2. The molecule has 0 heterocycles. The van der Waals surface area contributed by atoms with Gasteiger partial charge in [-0.2, -0.15) is 0 Å². The normalized spacial score (nSPS) is 15.0. The zero-order valence-electron chi connectivity index (χ0n) is 7.87. The predicted molar refractivity (Wildman–Crippen MR) is 48.8 cm³/mol. The third-order valence-corrected chi connectivity index (χ3v) is 1.33. The molecule has 12 heavy (non-hydrogen) atoms. The Labute approximate surface area is 73.3 Å². The van der Waals surface area contributed by atoms with Crippen LogP contribution in [0, 0.1) is 5.41 Å². The lowest BCUT2D eigenvalue weighted by molar-refractivity contribution is -0.138. The largest absolute Gasteiger partial charge is 0.480 e. The van der Waals surface area contributed by atoms with Crippen molar-refractivity contribution in [3.63, 3.8) is 0 Å². The highest BCUT2D eigenvalue weighted by Gasteiger charge is 2.09. The van der Waals surface area contributed by atoms with Gasteiger partial charge in [0.2, 0.25) is 0 Å². The highest BCUT2D eigenvalue weighted by atomic mass is 16.4. The lowest BCUT2D eigenvalue weighted by Crippen LogP contribution is -2.29. The van der Waals surface area contributed by atoms with Crippen LogP contribution in [0.25, 0.3) is 0 Å². The summed E-state index contributed by atoms with van der Waals surface area (Å²) in [5.74, 6) is -0.950. The van der Waals surface area contributed by atoms with Gasteiger partial charge in [-0.3, -0.25) is 4.79 Å². The van der Waals surface area contributed by atoms with Crippen LogP contribution in [0.15, 0.2) is 12.2 Å². The molecule has 0 fully saturated rings. The summed E-state index contributed by atoms with van der Waals surface area (Å²) >= 11 is 0. The van der Waals surface area contributed by atoms with Crippen molar-refractivity contribution in [3.05, 3.63) is 12.2 Å². The number of hydrogen-bond acceptors (Lipinski definition) is 2. The number of carboxylic acids is 1. The summed E-state index contributed by atoms with van der Waals surface area (Å²) in [6.45, 7) is 6.15. The Kier molecular flexibility index (Phi) is 3.96. The van der Waals surface area contributed by atoms with E-state index in [9.17, 15) is 4.79 Å². The molecule has 3 nitrogen and oxygen atoms in total. The molecule has 1 atom stereocenters. The minimum absolute atomic E-state index is 0.0955. The summed E-state index contributed by atoms with van der Waals surface area (Å²) in [5, 5.41) is 8.45. The number of carbonyl (C=O) groups is 1. The van der Waals surface area contributed by atoms with E-state index in [1.807, 2.05) is 12.2 Å². The summed E-state index contributed by atoms with van der Waals surface area (Å²) in [6, 6.07) is -0.774. The Morgan fingerprint density at radius 3 is 2.42 bits per heavy atom. The maximum Gasteiger partial charge on any atom is 0.320 e. The van der Waals surface area contributed by atoms with E-state index < -0.39 is 12.0 Å². The van der Waals surface area contributed by atoms with Crippen LogP contribution in [0.4, 0.5) is 0 Å². The Balaban J connectivity index is 3.83. The Bertz CT molecular complexity index is 179. The van der Waals surface area contributed by atoms with Gasteiger partial charge in [-0.05, 0) is 11.8 Å². The standard InChI is InChI=1S/C9H17NO2/c1-9(2,3)6-4-5-7(10)8(11)12/h4,6-7H,5,10H2,1-3H3,(H,11,12)/b6-4-/t7-/m0/s1. The van der Waals surface area contributed by atoms with Crippen LogP contribution < -0.4 is 5.73 Å². The van der Waals surface area contributed by atoms with Crippen molar-refractivity contribution in [3.8, 4) is 0 Å². The molecule has 0 unspecified atom stereocenters. The molecule has 0 saturated heterocycles. The fourth-order valence-corrected chi connectivity index (χ4v) is 0.669. The zero-order valence-corrected chi connectivity index (χ0v) is 7.87. The van der Waals surface area contributed by atoms with Crippen LogP contribution in [0.1, 0.15) is 27.2 Å². The molecule has 0 aliphatic rings. The predicted octanol–water partition coefficient (Wildman–Crippen LogP) is 1.39. The molecular weight excluding hydrogens is 154 g/mol. The van der Waals surface area contributed by atoms with Gasteiger partial charge in [0.1, 0.15) is 6.04 Å². The summed E-state index contributed by atoms with van der Waals surface area (Å²) in [4.78, 5) is 10.3. The second-order valence-electron chi connectivity index (χ2n) is 3.95. The first kappa shape index (κ1) is 11.2. The van der Waals surface area contributed by atoms with Crippen LogP contribution in [-0.4, -0.2) is 17.1 Å². The first-order chi connectivity index (χ1) is 5.33. The van der Waals surface area contributed by atoms with Gasteiger partial charge >= 0.3 is 5.97 Å². The molecule has 70 valence electrons. The second-order valence-corrected chi connectivity index (χ2v) is 3.95. The highest BCUT2D eigenvalue weighted by Crippen LogP contribution is 2.14. The number of rotatable bonds is 3. The Morgan fingerprint density at radius 1 is 1.58 bits per heavy atom. The van der Waals surface area contributed by atoms with E-state index in [1.165, 1.54) is 0 Å². The summed E-state index contributed by atoms with van der Waals surface area (Å²) in [5.41, 5.74) is 5.39. The van der Waals surface area contributed by atoms with Gasteiger partial charge in [0.15, 0.2) is 0 Å². The zero-order chi connectivity index (χ0) is 9.78. The van der Waals surface area contributed by atoms with E-state index in [1.54, 1.807) is 0 Å². The SMILES string of the molecule is CC(C)(C)/C=C\C[C@H](N)C(=O)O. The Hall–Kier alpha value is -0.830. The van der Waals surface area contributed by atoms with Gasteiger partial charge in [-0.1, -0.05) is 32.9 Å². The second kappa shape index (κ2) is 4.26. The third-order valence-electron chi connectivity index (χ3n) is 1.33. The molecule has 3 heteroatoms. The highest BCUT2D eigenvalue weighted by molar-refractivity contribution is 5.73. The molecule has 0 aromatic carbocycles. The monoisotopic (exact) mass is 171 g/mol. The minimum Gasteiger partial charge on any atom is -0.480 e. The van der Waals surface area contributed by atoms with E-state index in [4.69, 9.17) is 10.8 Å². The molecule has 0 saturated carbocycles. The molecule has 3 N–H and O–H groups in total. The Morgan fingerprint density at radius 2 is 2.08 bits per heavy atom. The first-order valence-corrected chi connectivity index (χ1v) is 3.99. The average Bonchev–Trinajstić information content (AvgIpc) is 1.84. The lowest BCUT2D eigenvalue weighted by Gasteiger charge is -2.11. The van der Waals surface area contributed by atoms with Crippen LogP contribution in [0.5, 0.6) is 0 Å². The molecule has 0 aromatic rings. The van der Waals surface area contributed by atoms with Crippen LogP contribution in [0.3, 0.4) is 0 Å². The fraction of sp³-hybridized carbons (Fsp3) is 0.667. The van der Waals surface area contributed by atoms with Crippen molar-refractivity contribution in [2.45, 2.75) is 33.2 Å². The third kappa shape index (κ3) is 5.92. The smallest absolute Gasteiger partial charge is 0.320 e. The van der Waals surface area contributed by atoms with Gasteiger partial charge in [-0.15, -0.1) is 0 Å². The number of carboxylic acid groups (broad SMARTS) is 1. The van der Waals surface area contributed by atoms with Crippen molar-refractivity contribution in [1.29, 1.82) is 0 Å². The van der Waals surface area contributed by atoms with Crippen molar-refractivity contribution >= 4 is 5.97 Å². The van der Waals surface area contributed by atoms with Gasteiger partial charge < -0.3 is 10.8 Å². The van der Waals surface area contributed by atoms with Gasteiger partial charge in [0.05, 0.1) is 0 Å². The lowest BCUT2D eigenvalue weighted by atomic mass is 9.95. The van der Waals surface area contributed by atoms with E-state index in [-0.39, 0.29) is 5.41 Å². The number of nitrogens with two attached hydrogens (primary N) is 1. The molecule has 0 rings (SSSR count). The first-order valence-electron chi connectivity index (χ1n) is 3.99. The maximum absolute atomic E-state index is 10.3. The van der Waals surface area contributed by atoms with E-state index in [0.29, 0.717) is 6.42 Å². The van der Waals surface area contributed by atoms with Crippen molar-refractivity contribution < 1.29 is 9.90 Å². The van der Waals surface area contributed by atoms with Crippen molar-refractivity contribution in [2.24, 2.45) is 11.1 Å². The van der Waals surface area contributed by atoms with Crippen LogP contribution >= 0.6 is 0 Å². The fourth-order valence-electron chi connectivity index (χ4n) is 0.669. The summed E-state index contributed by atoms with van der Waals surface area (Å²) in [7, 11) is 0. The molecule has 0 bridgehead atoms. The number of aliphatic carboxylic acids is 1. The molecular formula is C9H17NO2. The van der Waals surface area contributed by atoms with E-state index in [2.05, 4.69) is 20.8 Å². The molecule has 0 aliphatic carbocycles. The summed E-state index contributed by atoms with van der Waals surface area (Å²) < 4.78 is 0. The molecule has 0 spiro atoms. The number of allylic oxidation sites excluding steroid dienone is 1. The molecule has 0 aromatic heterocycles. The topological polar surface area (TPSA) is 63.3 Å². The average molecular weight is 171 g/mol. The van der Waals surface area contributed by atoms with Crippen LogP contribution in [-0.2, 0) is 4.79 Å². The van der Waals surface area contributed by atoms with E-state index >= 15 is 0 Å². The van der Waals surface area contributed by atoms with Crippen LogP contribution in [0.2, 0.25) is 0 Å². The van der Waals surface area contributed by atoms with Crippen molar-refractivity contribution in [2.75, 3.05) is 0 Å². The van der Waals surface area contributed by atoms with Gasteiger partial charge in [0, 0.05) is 0 Å². The molecule has 0 radical (unpaired) electrons. The van der Waals surface area contributed by atoms with E-state index in [0.717, 1.165) is 0 Å². The van der Waals surface area contributed by atoms with Gasteiger partial charge in [-0.25, -0.2) is 0 Å². The maximum atomic E-state index is 10.3. The minimum atomic E-state index is -0.950. The van der Waals surface area contributed by atoms with Crippen molar-refractivity contribution in [1.82, 2.24) is 0 Å². The summed E-state index contributed by atoms with van der Waals surface area (Å²) in [6.07, 6.45) is 4.18.